The van der Waals surface area contributed by atoms with Crippen molar-refractivity contribution in [2.24, 2.45) is 0 Å². The van der Waals surface area contributed by atoms with Gasteiger partial charge in [-0.1, -0.05) is 28.1 Å². The summed E-state index contributed by atoms with van der Waals surface area (Å²) in [6, 6.07) is 6.41. The van der Waals surface area contributed by atoms with Crippen LogP contribution in [0.25, 0.3) is 11.4 Å². The van der Waals surface area contributed by atoms with E-state index in [-0.39, 0.29) is 5.54 Å². The third-order valence-corrected chi connectivity index (χ3v) is 4.00. The molecule has 5 heteroatoms. The lowest BCUT2D eigenvalue weighted by molar-refractivity contribution is 0.134. The van der Waals surface area contributed by atoms with Crippen LogP contribution in [-0.2, 0) is 28.8 Å². The minimum Gasteiger partial charge on any atom is -0.372 e. The lowest BCUT2D eigenvalue weighted by atomic mass is 10.0. The van der Waals surface area contributed by atoms with E-state index in [4.69, 9.17) is 4.74 Å². The average molecular weight is 336 g/mol. The highest BCUT2D eigenvalue weighted by atomic mass is 79.9. The molecule has 0 amide bonds. The van der Waals surface area contributed by atoms with Gasteiger partial charge in [0.2, 0.25) is 0 Å². The SMILES string of the molecule is CC(C)(C)n1c(CBr)nnc1-c1ccc2c(c1)COC2. The number of hydrogen-bond acceptors (Lipinski definition) is 3. The molecule has 106 valence electrons. The molecule has 1 aromatic heterocycles. The number of fused-ring (bicyclic) bond motifs is 1. The summed E-state index contributed by atoms with van der Waals surface area (Å²) in [5, 5.41) is 9.40. The predicted octanol–water partition coefficient (Wildman–Crippen LogP) is 3.63. The Labute approximate surface area is 127 Å². The van der Waals surface area contributed by atoms with Gasteiger partial charge in [0.25, 0.3) is 0 Å². The summed E-state index contributed by atoms with van der Waals surface area (Å²) < 4.78 is 7.67. The van der Waals surface area contributed by atoms with Gasteiger partial charge in [0.15, 0.2) is 5.82 Å². The maximum absolute atomic E-state index is 5.48. The van der Waals surface area contributed by atoms with Crippen molar-refractivity contribution in [3.8, 4) is 11.4 Å². The van der Waals surface area contributed by atoms with Crippen molar-refractivity contribution < 1.29 is 4.74 Å². The van der Waals surface area contributed by atoms with Crippen molar-refractivity contribution >= 4 is 15.9 Å². The van der Waals surface area contributed by atoms with Crippen molar-refractivity contribution in [1.29, 1.82) is 0 Å². The first kappa shape index (κ1) is 13.8. The lowest BCUT2D eigenvalue weighted by Gasteiger charge is -2.24. The molecule has 1 aliphatic heterocycles. The smallest absolute Gasteiger partial charge is 0.164 e. The maximum Gasteiger partial charge on any atom is 0.164 e. The fourth-order valence-corrected chi connectivity index (χ4v) is 2.97. The molecule has 0 fully saturated rings. The summed E-state index contributed by atoms with van der Waals surface area (Å²) in [6.45, 7) is 7.92. The number of halogens is 1. The zero-order valence-electron chi connectivity index (χ0n) is 12.0. The molecule has 0 aliphatic carbocycles. The fraction of sp³-hybridized carbons (Fsp3) is 0.467. The van der Waals surface area contributed by atoms with Crippen LogP contribution < -0.4 is 0 Å². The van der Waals surface area contributed by atoms with Gasteiger partial charge in [-0.15, -0.1) is 10.2 Å². The Morgan fingerprint density at radius 3 is 2.65 bits per heavy atom. The van der Waals surface area contributed by atoms with Crippen LogP contribution in [0.4, 0.5) is 0 Å². The van der Waals surface area contributed by atoms with Crippen molar-refractivity contribution in [1.82, 2.24) is 14.8 Å². The van der Waals surface area contributed by atoms with Gasteiger partial charge < -0.3 is 9.30 Å². The number of benzene rings is 1. The Bertz CT molecular complexity index is 643. The molecular formula is C15H18BrN3O. The Morgan fingerprint density at radius 2 is 1.95 bits per heavy atom. The van der Waals surface area contributed by atoms with Crippen LogP contribution in [-0.4, -0.2) is 14.8 Å². The van der Waals surface area contributed by atoms with Crippen LogP contribution in [0.2, 0.25) is 0 Å². The van der Waals surface area contributed by atoms with E-state index in [0.29, 0.717) is 18.5 Å². The van der Waals surface area contributed by atoms with Crippen molar-refractivity contribution in [2.45, 2.75) is 44.9 Å². The number of aromatic nitrogens is 3. The summed E-state index contributed by atoms with van der Waals surface area (Å²) in [7, 11) is 0. The van der Waals surface area contributed by atoms with Gasteiger partial charge in [-0.3, -0.25) is 0 Å². The summed E-state index contributed by atoms with van der Waals surface area (Å²) in [5.74, 6) is 1.87. The van der Waals surface area contributed by atoms with E-state index >= 15 is 0 Å². The second-order valence-electron chi connectivity index (χ2n) is 6.06. The van der Waals surface area contributed by atoms with Gasteiger partial charge in [0, 0.05) is 11.1 Å². The maximum atomic E-state index is 5.48. The van der Waals surface area contributed by atoms with Gasteiger partial charge in [-0.05, 0) is 38.0 Å². The van der Waals surface area contributed by atoms with Crippen molar-refractivity contribution in [2.75, 3.05) is 0 Å². The Morgan fingerprint density at radius 1 is 1.20 bits per heavy atom. The minimum atomic E-state index is -0.0581. The summed E-state index contributed by atoms with van der Waals surface area (Å²) >= 11 is 3.49. The molecule has 3 rings (SSSR count). The monoisotopic (exact) mass is 335 g/mol. The van der Waals surface area contributed by atoms with E-state index in [1.807, 2.05) is 0 Å². The highest BCUT2D eigenvalue weighted by Crippen LogP contribution is 2.30. The van der Waals surface area contributed by atoms with Crippen LogP contribution in [0.15, 0.2) is 18.2 Å². The van der Waals surface area contributed by atoms with Crippen molar-refractivity contribution in [3.05, 3.63) is 35.2 Å². The molecule has 1 aliphatic rings. The molecule has 0 saturated heterocycles. The second-order valence-corrected chi connectivity index (χ2v) is 6.62. The number of nitrogens with zero attached hydrogens (tertiary/aromatic N) is 3. The van der Waals surface area contributed by atoms with Gasteiger partial charge in [0.05, 0.1) is 18.5 Å². The standard InChI is InChI=1S/C15H18BrN3O/c1-15(2,3)19-13(7-16)17-18-14(19)10-4-5-11-8-20-9-12(11)6-10/h4-6H,7-9H2,1-3H3. The molecule has 4 nitrogen and oxygen atoms in total. The summed E-state index contributed by atoms with van der Waals surface area (Å²) in [6.07, 6.45) is 0. The van der Waals surface area contributed by atoms with E-state index in [0.717, 1.165) is 17.2 Å². The molecule has 20 heavy (non-hydrogen) atoms. The summed E-state index contributed by atoms with van der Waals surface area (Å²) in [4.78, 5) is 0. The molecular weight excluding hydrogens is 318 g/mol. The zero-order chi connectivity index (χ0) is 14.3. The molecule has 0 spiro atoms. The topological polar surface area (TPSA) is 39.9 Å². The minimum absolute atomic E-state index is 0.0581. The largest absolute Gasteiger partial charge is 0.372 e. The number of rotatable bonds is 2. The molecule has 0 unspecified atom stereocenters. The predicted molar refractivity (Wildman–Crippen MR) is 81.6 cm³/mol. The first-order valence-corrected chi connectivity index (χ1v) is 7.83. The second kappa shape index (κ2) is 4.97. The van der Waals surface area contributed by atoms with E-state index < -0.39 is 0 Å². The molecule has 0 bridgehead atoms. The first-order chi connectivity index (χ1) is 9.50. The highest BCUT2D eigenvalue weighted by Gasteiger charge is 2.24. The Balaban J connectivity index is 2.13. The van der Waals surface area contributed by atoms with Gasteiger partial charge >= 0.3 is 0 Å². The number of hydrogen-bond donors (Lipinski definition) is 0. The van der Waals surface area contributed by atoms with Crippen LogP contribution >= 0.6 is 15.9 Å². The molecule has 1 aromatic carbocycles. The first-order valence-electron chi connectivity index (χ1n) is 6.71. The van der Waals surface area contributed by atoms with Crippen LogP contribution in [0.1, 0.15) is 37.7 Å². The van der Waals surface area contributed by atoms with Gasteiger partial charge in [-0.25, -0.2) is 0 Å². The van der Waals surface area contributed by atoms with Crippen LogP contribution in [0.5, 0.6) is 0 Å². The van der Waals surface area contributed by atoms with Crippen LogP contribution in [0.3, 0.4) is 0 Å². The van der Waals surface area contributed by atoms with E-state index in [1.54, 1.807) is 0 Å². The van der Waals surface area contributed by atoms with Crippen LogP contribution in [0, 0.1) is 0 Å². The molecule has 0 radical (unpaired) electrons. The van der Waals surface area contributed by atoms with E-state index in [2.05, 4.69) is 69.7 Å². The third-order valence-electron chi connectivity index (χ3n) is 3.50. The van der Waals surface area contributed by atoms with Gasteiger partial charge in [-0.2, -0.15) is 0 Å². The number of alkyl halides is 1. The average Bonchev–Trinajstić information content (AvgIpc) is 3.03. The molecule has 0 atom stereocenters. The van der Waals surface area contributed by atoms with Crippen molar-refractivity contribution in [3.63, 3.8) is 0 Å². The molecule has 0 N–H and O–H groups in total. The fourth-order valence-electron chi connectivity index (χ4n) is 2.61. The highest BCUT2D eigenvalue weighted by molar-refractivity contribution is 9.08. The summed E-state index contributed by atoms with van der Waals surface area (Å²) in [5.41, 5.74) is 3.57. The Hall–Kier alpha value is -1.20. The molecule has 0 saturated carbocycles. The Kier molecular flexibility index (Phi) is 3.42. The third kappa shape index (κ3) is 2.29. The zero-order valence-corrected chi connectivity index (χ0v) is 13.6. The van der Waals surface area contributed by atoms with E-state index in [9.17, 15) is 0 Å². The normalized spacial score (nSPS) is 14.6. The quantitative estimate of drug-likeness (QED) is 0.787. The van der Waals surface area contributed by atoms with Gasteiger partial charge in [0.1, 0.15) is 5.82 Å². The lowest BCUT2D eigenvalue weighted by Crippen LogP contribution is -2.24. The van der Waals surface area contributed by atoms with E-state index in [1.165, 1.54) is 11.1 Å². The molecule has 2 aromatic rings. The molecule has 2 heterocycles. The number of ether oxygens (including phenoxy) is 1.